The van der Waals surface area contributed by atoms with Crippen LogP contribution < -0.4 is 5.32 Å². The van der Waals surface area contributed by atoms with Crippen LogP contribution >= 0.6 is 0 Å². The van der Waals surface area contributed by atoms with Crippen molar-refractivity contribution in [2.45, 2.75) is 27.2 Å². The van der Waals surface area contributed by atoms with E-state index in [0.29, 0.717) is 19.5 Å². The van der Waals surface area contributed by atoms with Gasteiger partial charge in [-0.3, -0.25) is 4.79 Å². The van der Waals surface area contributed by atoms with Crippen LogP contribution in [0, 0.1) is 17.2 Å². The van der Waals surface area contributed by atoms with Gasteiger partial charge in [0.15, 0.2) is 0 Å². The number of nitrogens with zero attached hydrogens (tertiary/aromatic N) is 2. The molecule has 0 aliphatic rings. The average Bonchev–Trinajstić information content (AvgIpc) is 2.25. The molecule has 0 aromatic rings. The summed E-state index contributed by atoms with van der Waals surface area (Å²) in [5.74, 6) is 0.186. The van der Waals surface area contributed by atoms with Crippen LogP contribution in [0.1, 0.15) is 27.2 Å². The van der Waals surface area contributed by atoms with E-state index < -0.39 is 0 Å². The fraction of sp³-hybridized carbons (Fsp3) is 0.818. The third-order valence-corrected chi connectivity index (χ3v) is 2.30. The zero-order valence-electron chi connectivity index (χ0n) is 9.92. The lowest BCUT2D eigenvalue weighted by Crippen LogP contribution is -2.33. The topological polar surface area (TPSA) is 56.1 Å². The van der Waals surface area contributed by atoms with Crippen molar-refractivity contribution < 1.29 is 4.79 Å². The summed E-state index contributed by atoms with van der Waals surface area (Å²) in [6, 6.07) is 2.14. The van der Waals surface area contributed by atoms with Crippen LogP contribution in [-0.4, -0.2) is 37.0 Å². The Morgan fingerprint density at radius 3 is 2.53 bits per heavy atom. The van der Waals surface area contributed by atoms with Crippen molar-refractivity contribution in [2.75, 3.05) is 26.2 Å². The zero-order chi connectivity index (χ0) is 11.7. The summed E-state index contributed by atoms with van der Waals surface area (Å²) in [4.78, 5) is 13.4. The fourth-order valence-corrected chi connectivity index (χ4v) is 1.29. The molecule has 15 heavy (non-hydrogen) atoms. The molecule has 0 aliphatic heterocycles. The molecule has 0 aliphatic carbocycles. The van der Waals surface area contributed by atoms with Gasteiger partial charge in [-0.25, -0.2) is 0 Å². The molecule has 0 radical (unpaired) electrons. The first-order valence-electron chi connectivity index (χ1n) is 5.53. The molecule has 86 valence electrons. The molecule has 4 heteroatoms. The van der Waals surface area contributed by atoms with E-state index >= 15 is 0 Å². The van der Waals surface area contributed by atoms with Gasteiger partial charge in [-0.05, 0) is 20.8 Å². The van der Waals surface area contributed by atoms with Crippen molar-refractivity contribution in [2.24, 2.45) is 5.92 Å². The van der Waals surface area contributed by atoms with Crippen molar-refractivity contribution >= 4 is 5.91 Å². The zero-order valence-corrected chi connectivity index (χ0v) is 9.92. The molecule has 0 rings (SSSR count). The predicted octanol–water partition coefficient (Wildman–Crippen LogP) is 0.994. The Kier molecular flexibility index (Phi) is 7.65. The Labute approximate surface area is 92.3 Å². The number of nitrogens with one attached hydrogen (secondary N) is 1. The van der Waals surface area contributed by atoms with Crippen LogP contribution in [0.5, 0.6) is 0 Å². The lowest BCUT2D eigenvalue weighted by atomic mass is 10.2. The molecule has 1 atom stereocenters. The summed E-state index contributed by atoms with van der Waals surface area (Å²) in [6.45, 7) is 8.66. The molecule has 0 fully saturated rings. The molecule has 0 saturated carbocycles. The summed E-state index contributed by atoms with van der Waals surface area (Å²) in [7, 11) is 0. The molecular weight excluding hydrogens is 190 g/mol. The number of rotatable bonds is 7. The van der Waals surface area contributed by atoms with E-state index in [0.717, 1.165) is 13.1 Å². The van der Waals surface area contributed by atoms with Crippen molar-refractivity contribution in [1.82, 2.24) is 10.2 Å². The van der Waals surface area contributed by atoms with Crippen LogP contribution in [0.15, 0.2) is 0 Å². The highest BCUT2D eigenvalue weighted by Gasteiger charge is 2.08. The maximum Gasteiger partial charge on any atom is 0.223 e. The average molecular weight is 211 g/mol. The highest BCUT2D eigenvalue weighted by atomic mass is 16.2. The fourth-order valence-electron chi connectivity index (χ4n) is 1.29. The van der Waals surface area contributed by atoms with Gasteiger partial charge in [0, 0.05) is 32.6 Å². The van der Waals surface area contributed by atoms with Gasteiger partial charge in [0.25, 0.3) is 0 Å². The summed E-state index contributed by atoms with van der Waals surface area (Å²) in [5.41, 5.74) is 0. The molecule has 0 spiro atoms. The molecule has 0 bridgehead atoms. The molecule has 0 saturated heterocycles. The first kappa shape index (κ1) is 13.9. The van der Waals surface area contributed by atoms with E-state index in [-0.39, 0.29) is 11.8 Å². The Balaban J connectivity index is 3.59. The van der Waals surface area contributed by atoms with Crippen LogP contribution in [0.3, 0.4) is 0 Å². The Morgan fingerprint density at radius 2 is 2.07 bits per heavy atom. The van der Waals surface area contributed by atoms with Crippen LogP contribution in [-0.2, 0) is 4.79 Å². The minimum atomic E-state index is 0.00792. The highest BCUT2D eigenvalue weighted by molar-refractivity contribution is 5.76. The number of carbonyl (C=O) groups is 1. The molecule has 1 amide bonds. The first-order valence-corrected chi connectivity index (χ1v) is 5.53. The van der Waals surface area contributed by atoms with E-state index in [1.807, 2.05) is 25.7 Å². The molecule has 0 aromatic carbocycles. The lowest BCUT2D eigenvalue weighted by Gasteiger charge is -2.18. The van der Waals surface area contributed by atoms with Gasteiger partial charge in [-0.2, -0.15) is 5.26 Å². The molecule has 1 N–H and O–H groups in total. The van der Waals surface area contributed by atoms with Crippen molar-refractivity contribution in [3.05, 3.63) is 0 Å². The van der Waals surface area contributed by atoms with Gasteiger partial charge in [-0.15, -0.1) is 0 Å². The lowest BCUT2D eigenvalue weighted by molar-refractivity contribution is -0.130. The third-order valence-electron chi connectivity index (χ3n) is 2.30. The van der Waals surface area contributed by atoms with Crippen molar-refractivity contribution in [3.8, 4) is 6.07 Å². The molecule has 4 nitrogen and oxygen atoms in total. The van der Waals surface area contributed by atoms with Gasteiger partial charge >= 0.3 is 0 Å². The second-order valence-corrected chi connectivity index (χ2v) is 3.55. The maximum atomic E-state index is 11.5. The van der Waals surface area contributed by atoms with Crippen molar-refractivity contribution in [3.63, 3.8) is 0 Å². The third kappa shape index (κ3) is 6.08. The first-order chi connectivity index (χ1) is 7.15. The summed E-state index contributed by atoms with van der Waals surface area (Å²) in [6.07, 6.45) is 0.514. The smallest absolute Gasteiger partial charge is 0.223 e. The molecule has 0 heterocycles. The second kappa shape index (κ2) is 8.25. The number of hydrogen-bond acceptors (Lipinski definition) is 3. The van der Waals surface area contributed by atoms with E-state index in [1.165, 1.54) is 0 Å². The normalized spacial score (nSPS) is 11.9. The Morgan fingerprint density at radius 1 is 1.47 bits per heavy atom. The van der Waals surface area contributed by atoms with E-state index in [4.69, 9.17) is 5.26 Å². The summed E-state index contributed by atoms with van der Waals surface area (Å²) < 4.78 is 0. The summed E-state index contributed by atoms with van der Waals surface area (Å²) in [5, 5.41) is 11.6. The maximum absolute atomic E-state index is 11.5. The number of carbonyl (C=O) groups excluding carboxylic acids is 1. The number of nitriles is 1. The molecule has 0 aromatic heterocycles. The standard InChI is InChI=1S/C11H21N3O/c1-4-14(5-2)11(15)6-7-13-9-10(3)8-12/h10,13H,4-7,9H2,1-3H3. The molecule has 1 unspecified atom stereocenters. The highest BCUT2D eigenvalue weighted by Crippen LogP contribution is 1.93. The van der Waals surface area contributed by atoms with Gasteiger partial charge in [0.2, 0.25) is 5.91 Å². The van der Waals surface area contributed by atoms with Crippen molar-refractivity contribution in [1.29, 1.82) is 5.26 Å². The largest absolute Gasteiger partial charge is 0.343 e. The second-order valence-electron chi connectivity index (χ2n) is 3.55. The van der Waals surface area contributed by atoms with E-state index in [2.05, 4.69) is 11.4 Å². The van der Waals surface area contributed by atoms with Gasteiger partial charge in [-0.1, -0.05) is 0 Å². The van der Waals surface area contributed by atoms with E-state index in [1.54, 1.807) is 0 Å². The predicted molar refractivity (Wildman–Crippen MR) is 60.2 cm³/mol. The van der Waals surface area contributed by atoms with Crippen LogP contribution in [0.25, 0.3) is 0 Å². The Hall–Kier alpha value is -1.08. The van der Waals surface area contributed by atoms with E-state index in [9.17, 15) is 4.79 Å². The Bertz CT molecular complexity index is 218. The van der Waals surface area contributed by atoms with Gasteiger partial charge in [0.1, 0.15) is 0 Å². The summed E-state index contributed by atoms with van der Waals surface area (Å²) >= 11 is 0. The van der Waals surface area contributed by atoms with Gasteiger partial charge in [0.05, 0.1) is 12.0 Å². The minimum absolute atomic E-state index is 0.00792. The minimum Gasteiger partial charge on any atom is -0.343 e. The van der Waals surface area contributed by atoms with Crippen LogP contribution in [0.4, 0.5) is 0 Å². The number of hydrogen-bond donors (Lipinski definition) is 1. The SMILES string of the molecule is CCN(CC)C(=O)CCNCC(C)C#N. The quantitative estimate of drug-likeness (QED) is 0.639. The van der Waals surface area contributed by atoms with Crippen LogP contribution in [0.2, 0.25) is 0 Å². The molecular formula is C11H21N3O. The van der Waals surface area contributed by atoms with Gasteiger partial charge < -0.3 is 10.2 Å². The monoisotopic (exact) mass is 211 g/mol. The number of amides is 1.